The summed E-state index contributed by atoms with van der Waals surface area (Å²) in [4.78, 5) is 11.7. The van der Waals surface area contributed by atoms with Crippen molar-refractivity contribution in [3.8, 4) is 0 Å². The number of methoxy groups -OCH3 is 1. The molecule has 0 amide bonds. The van der Waals surface area contributed by atoms with E-state index < -0.39 is 21.5 Å². The van der Waals surface area contributed by atoms with E-state index in [2.05, 4.69) is 9.46 Å². The number of benzene rings is 1. The topological polar surface area (TPSA) is 98.5 Å². The Labute approximate surface area is 132 Å². The number of nitrogens with two attached hydrogens (primary N) is 1. The molecule has 22 heavy (non-hydrogen) atoms. The highest BCUT2D eigenvalue weighted by Gasteiger charge is 2.25. The maximum absolute atomic E-state index is 12.4. The maximum Gasteiger partial charge on any atom is 0.338 e. The summed E-state index contributed by atoms with van der Waals surface area (Å²) in [6, 6.07) is 4.36. The first kappa shape index (κ1) is 18.6. The lowest BCUT2D eigenvalue weighted by molar-refractivity contribution is 0.0599. The van der Waals surface area contributed by atoms with Crippen LogP contribution < -0.4 is 10.5 Å². The minimum Gasteiger partial charge on any atom is -0.465 e. The number of sulfonamides is 1. The summed E-state index contributed by atoms with van der Waals surface area (Å²) in [5.74, 6) is -0.565. The molecule has 3 N–H and O–H groups in total. The third-order valence-electron chi connectivity index (χ3n) is 3.95. The molecule has 1 rings (SSSR count). The molecule has 0 saturated carbocycles. The molecule has 1 aromatic carbocycles. The molecular weight excluding hydrogens is 304 g/mol. The van der Waals surface area contributed by atoms with Gasteiger partial charge >= 0.3 is 5.97 Å². The number of carbonyl (C=O) groups excluding carboxylic acids is 1. The van der Waals surface area contributed by atoms with Crippen LogP contribution in [-0.4, -0.2) is 33.6 Å². The first-order chi connectivity index (χ1) is 10.2. The summed E-state index contributed by atoms with van der Waals surface area (Å²) in [5, 5.41) is 0. The van der Waals surface area contributed by atoms with Crippen LogP contribution in [0.1, 0.15) is 42.6 Å². The molecule has 0 fully saturated rings. The van der Waals surface area contributed by atoms with Crippen LogP contribution in [0.3, 0.4) is 0 Å². The molecule has 0 aromatic heterocycles. The summed E-state index contributed by atoms with van der Waals surface area (Å²) in [5.41, 5.74) is 6.41. The van der Waals surface area contributed by atoms with Crippen LogP contribution in [0.5, 0.6) is 0 Å². The smallest absolute Gasteiger partial charge is 0.338 e. The van der Waals surface area contributed by atoms with E-state index in [-0.39, 0.29) is 17.0 Å². The molecule has 0 spiro atoms. The lowest BCUT2D eigenvalue weighted by atomic mass is 9.95. The zero-order valence-corrected chi connectivity index (χ0v) is 14.3. The van der Waals surface area contributed by atoms with Crippen molar-refractivity contribution in [1.29, 1.82) is 0 Å². The first-order valence-corrected chi connectivity index (χ1v) is 8.65. The summed E-state index contributed by atoms with van der Waals surface area (Å²) in [6.07, 6.45) is 1.32. The van der Waals surface area contributed by atoms with Crippen LogP contribution in [-0.2, 0) is 14.8 Å². The van der Waals surface area contributed by atoms with Gasteiger partial charge in [-0.25, -0.2) is 17.9 Å². The number of hydrogen-bond donors (Lipinski definition) is 2. The standard InChI is InChI=1S/C15H24N2O4S/c1-5-15(16,6-2)10-17-22(19,20)12-8-7-11(3)13(9-12)14(18)21-4/h7-9,17H,5-6,10,16H2,1-4H3. The fourth-order valence-corrected chi connectivity index (χ4v) is 3.08. The third kappa shape index (κ3) is 4.28. The molecule has 0 bridgehead atoms. The van der Waals surface area contributed by atoms with E-state index in [1.165, 1.54) is 19.2 Å². The molecule has 0 atom stereocenters. The number of carbonyl (C=O) groups is 1. The minimum atomic E-state index is -3.73. The minimum absolute atomic E-state index is 0.0213. The monoisotopic (exact) mass is 328 g/mol. The Kier molecular flexibility index (Phi) is 6.10. The summed E-state index contributed by atoms with van der Waals surface area (Å²) in [7, 11) is -2.48. The van der Waals surface area contributed by atoms with E-state index in [1.807, 2.05) is 13.8 Å². The fourth-order valence-electron chi connectivity index (χ4n) is 1.92. The van der Waals surface area contributed by atoms with Crippen LogP contribution in [0.15, 0.2) is 23.1 Å². The van der Waals surface area contributed by atoms with E-state index in [9.17, 15) is 13.2 Å². The molecule has 7 heteroatoms. The van der Waals surface area contributed by atoms with Crippen LogP contribution in [0.2, 0.25) is 0 Å². The highest BCUT2D eigenvalue weighted by atomic mass is 32.2. The lowest BCUT2D eigenvalue weighted by Crippen LogP contribution is -2.49. The Morgan fingerprint density at radius 1 is 1.32 bits per heavy atom. The second-order valence-corrected chi connectivity index (χ2v) is 7.13. The lowest BCUT2D eigenvalue weighted by Gasteiger charge is -2.26. The molecule has 0 saturated heterocycles. The van der Waals surface area contributed by atoms with Gasteiger partial charge in [0.15, 0.2) is 0 Å². The third-order valence-corrected chi connectivity index (χ3v) is 5.35. The Hall–Kier alpha value is -1.44. The van der Waals surface area contributed by atoms with Gasteiger partial charge in [-0.05, 0) is 37.5 Å². The van der Waals surface area contributed by atoms with Crippen molar-refractivity contribution in [2.75, 3.05) is 13.7 Å². The number of ether oxygens (including phenoxy) is 1. The van der Waals surface area contributed by atoms with Gasteiger partial charge in [-0.3, -0.25) is 0 Å². The number of nitrogens with one attached hydrogen (secondary N) is 1. The van der Waals surface area contributed by atoms with Gasteiger partial charge in [-0.2, -0.15) is 0 Å². The van der Waals surface area contributed by atoms with Crippen LogP contribution in [0, 0.1) is 6.92 Å². The molecule has 0 aliphatic heterocycles. The molecule has 0 aliphatic rings. The second kappa shape index (κ2) is 7.21. The van der Waals surface area contributed by atoms with Crippen molar-refractivity contribution in [3.05, 3.63) is 29.3 Å². The van der Waals surface area contributed by atoms with Gasteiger partial charge < -0.3 is 10.5 Å². The summed E-state index contributed by atoms with van der Waals surface area (Å²) >= 11 is 0. The van der Waals surface area contributed by atoms with Gasteiger partial charge in [0, 0.05) is 12.1 Å². The highest BCUT2D eigenvalue weighted by Crippen LogP contribution is 2.17. The number of hydrogen-bond acceptors (Lipinski definition) is 5. The Morgan fingerprint density at radius 2 is 1.91 bits per heavy atom. The number of rotatable bonds is 7. The van der Waals surface area contributed by atoms with E-state index >= 15 is 0 Å². The van der Waals surface area contributed by atoms with Crippen molar-refractivity contribution in [3.63, 3.8) is 0 Å². The van der Waals surface area contributed by atoms with E-state index in [0.29, 0.717) is 18.4 Å². The Balaban J connectivity index is 3.06. The van der Waals surface area contributed by atoms with E-state index in [4.69, 9.17) is 5.73 Å². The highest BCUT2D eigenvalue weighted by molar-refractivity contribution is 7.89. The van der Waals surface area contributed by atoms with Crippen molar-refractivity contribution in [1.82, 2.24) is 4.72 Å². The normalized spacial score (nSPS) is 12.2. The van der Waals surface area contributed by atoms with E-state index in [1.54, 1.807) is 13.0 Å². The molecule has 6 nitrogen and oxygen atoms in total. The largest absolute Gasteiger partial charge is 0.465 e. The van der Waals surface area contributed by atoms with Gasteiger partial charge in [0.25, 0.3) is 0 Å². The van der Waals surface area contributed by atoms with Crippen molar-refractivity contribution < 1.29 is 17.9 Å². The fraction of sp³-hybridized carbons (Fsp3) is 0.533. The maximum atomic E-state index is 12.4. The molecule has 124 valence electrons. The van der Waals surface area contributed by atoms with Crippen LogP contribution >= 0.6 is 0 Å². The second-order valence-electron chi connectivity index (χ2n) is 5.36. The van der Waals surface area contributed by atoms with Gasteiger partial charge in [-0.15, -0.1) is 0 Å². The van der Waals surface area contributed by atoms with Crippen molar-refractivity contribution >= 4 is 16.0 Å². The molecular formula is C15H24N2O4S. The van der Waals surface area contributed by atoms with Gasteiger partial charge in [0.05, 0.1) is 17.6 Å². The zero-order valence-electron chi connectivity index (χ0n) is 13.5. The van der Waals surface area contributed by atoms with Crippen LogP contribution in [0.25, 0.3) is 0 Å². The van der Waals surface area contributed by atoms with Crippen molar-refractivity contribution in [2.24, 2.45) is 5.73 Å². The summed E-state index contributed by atoms with van der Waals surface area (Å²) < 4.78 is 31.9. The quantitative estimate of drug-likeness (QED) is 0.740. The van der Waals surface area contributed by atoms with Gasteiger partial charge in [-0.1, -0.05) is 19.9 Å². The molecule has 0 heterocycles. The predicted octanol–water partition coefficient (Wildman–Crippen LogP) is 1.58. The SMILES string of the molecule is CCC(N)(CC)CNS(=O)(=O)c1ccc(C)c(C(=O)OC)c1. The average Bonchev–Trinajstić information content (AvgIpc) is 2.52. The van der Waals surface area contributed by atoms with Gasteiger partial charge in [0.1, 0.15) is 0 Å². The van der Waals surface area contributed by atoms with Crippen molar-refractivity contribution in [2.45, 2.75) is 44.0 Å². The zero-order chi connectivity index (χ0) is 17.0. The number of esters is 1. The Bertz CT molecular complexity index is 637. The summed E-state index contributed by atoms with van der Waals surface area (Å²) in [6.45, 7) is 5.69. The predicted molar refractivity (Wildman–Crippen MR) is 85.2 cm³/mol. The Morgan fingerprint density at radius 3 is 2.41 bits per heavy atom. The first-order valence-electron chi connectivity index (χ1n) is 7.16. The van der Waals surface area contributed by atoms with Crippen LogP contribution in [0.4, 0.5) is 0 Å². The molecule has 1 aromatic rings. The van der Waals surface area contributed by atoms with Gasteiger partial charge in [0.2, 0.25) is 10.0 Å². The van der Waals surface area contributed by atoms with E-state index in [0.717, 1.165) is 0 Å². The number of aryl methyl sites for hydroxylation is 1. The average molecular weight is 328 g/mol. The molecule has 0 unspecified atom stereocenters. The molecule has 0 radical (unpaired) electrons. The molecule has 0 aliphatic carbocycles.